The van der Waals surface area contributed by atoms with Gasteiger partial charge in [0.05, 0.1) is 0 Å². The summed E-state index contributed by atoms with van der Waals surface area (Å²) in [6.45, 7) is 8.09. The van der Waals surface area contributed by atoms with Crippen LogP contribution in [0.3, 0.4) is 0 Å². The van der Waals surface area contributed by atoms with Gasteiger partial charge in [-0.1, -0.05) is 141 Å². The molecule has 0 aliphatic heterocycles. The average molecular weight is 462 g/mol. The Morgan fingerprint density at radius 2 is 0.879 bits per heavy atom. The van der Waals surface area contributed by atoms with Gasteiger partial charge in [-0.3, -0.25) is 0 Å². The van der Waals surface area contributed by atoms with Crippen LogP contribution in [0.25, 0.3) is 0 Å². The fourth-order valence-corrected chi connectivity index (χ4v) is 4.73. The molecular formula is C32H63N. The van der Waals surface area contributed by atoms with Crippen LogP contribution in [0.1, 0.15) is 162 Å². The summed E-state index contributed by atoms with van der Waals surface area (Å²) >= 11 is 0. The SMILES string of the molecule is CCCCC/C=C\CC=CCCCCCCCCCC(CCCCCCCCC)N(C)CC. The topological polar surface area (TPSA) is 3.24 Å². The monoisotopic (exact) mass is 461 g/mol. The summed E-state index contributed by atoms with van der Waals surface area (Å²) in [7, 11) is 2.34. The molecule has 1 unspecified atom stereocenters. The molecule has 0 aromatic heterocycles. The van der Waals surface area contributed by atoms with E-state index in [1.165, 1.54) is 141 Å². The largest absolute Gasteiger partial charge is 0.304 e. The summed E-state index contributed by atoms with van der Waals surface area (Å²) < 4.78 is 0. The summed E-state index contributed by atoms with van der Waals surface area (Å²) in [4.78, 5) is 2.60. The first-order valence-electron chi connectivity index (χ1n) is 15.3. The molecule has 33 heavy (non-hydrogen) atoms. The third-order valence-electron chi connectivity index (χ3n) is 7.25. The van der Waals surface area contributed by atoms with Crippen LogP contribution in [0, 0.1) is 0 Å². The van der Waals surface area contributed by atoms with E-state index >= 15 is 0 Å². The predicted octanol–water partition coefficient (Wildman–Crippen LogP) is 11.0. The highest BCUT2D eigenvalue weighted by Gasteiger charge is 2.12. The van der Waals surface area contributed by atoms with Crippen molar-refractivity contribution in [1.29, 1.82) is 0 Å². The summed E-state index contributed by atoms with van der Waals surface area (Å²) in [5.74, 6) is 0. The highest BCUT2D eigenvalue weighted by Crippen LogP contribution is 2.18. The number of allylic oxidation sites excluding steroid dienone is 4. The smallest absolute Gasteiger partial charge is 0.00920 e. The van der Waals surface area contributed by atoms with Gasteiger partial charge in [0, 0.05) is 6.04 Å². The molecule has 0 amide bonds. The predicted molar refractivity (Wildman–Crippen MR) is 153 cm³/mol. The maximum Gasteiger partial charge on any atom is 0.00920 e. The molecule has 0 aliphatic rings. The minimum atomic E-state index is 0.823. The van der Waals surface area contributed by atoms with Gasteiger partial charge in [0.2, 0.25) is 0 Å². The fraction of sp³-hybridized carbons (Fsp3) is 0.875. The van der Waals surface area contributed by atoms with E-state index in [0.717, 1.165) is 12.5 Å². The summed E-state index contributed by atoms with van der Waals surface area (Å²) in [5, 5.41) is 0. The lowest BCUT2D eigenvalue weighted by Gasteiger charge is -2.27. The van der Waals surface area contributed by atoms with Gasteiger partial charge in [-0.25, -0.2) is 0 Å². The molecule has 0 spiro atoms. The minimum absolute atomic E-state index is 0.823. The number of hydrogen-bond donors (Lipinski definition) is 0. The summed E-state index contributed by atoms with van der Waals surface area (Å²) in [6, 6.07) is 0.823. The van der Waals surface area contributed by atoms with Gasteiger partial charge in [-0.05, 0) is 58.5 Å². The Kier molecular flexibility index (Phi) is 27.2. The zero-order chi connectivity index (χ0) is 24.2. The molecule has 0 heterocycles. The maximum atomic E-state index is 2.60. The number of unbranched alkanes of at least 4 members (excludes halogenated alkanes) is 16. The van der Waals surface area contributed by atoms with Gasteiger partial charge in [-0.15, -0.1) is 0 Å². The Balaban J connectivity index is 3.56. The lowest BCUT2D eigenvalue weighted by atomic mass is 9.99. The first kappa shape index (κ1) is 32.4. The van der Waals surface area contributed by atoms with Crippen molar-refractivity contribution in [2.75, 3.05) is 13.6 Å². The Bertz CT molecular complexity index is 411. The molecule has 1 heteroatoms. The van der Waals surface area contributed by atoms with E-state index in [0.29, 0.717) is 0 Å². The van der Waals surface area contributed by atoms with Crippen LogP contribution in [-0.4, -0.2) is 24.5 Å². The molecular weight excluding hydrogens is 398 g/mol. The molecule has 1 atom stereocenters. The van der Waals surface area contributed by atoms with E-state index in [2.05, 4.69) is 57.0 Å². The number of nitrogens with zero attached hydrogens (tertiary/aromatic N) is 1. The van der Waals surface area contributed by atoms with Crippen molar-refractivity contribution in [3.63, 3.8) is 0 Å². The highest BCUT2D eigenvalue weighted by atomic mass is 15.1. The zero-order valence-electron chi connectivity index (χ0n) is 23.6. The molecule has 196 valence electrons. The normalized spacial score (nSPS) is 13.1. The van der Waals surface area contributed by atoms with Crippen LogP contribution in [0.4, 0.5) is 0 Å². The zero-order valence-corrected chi connectivity index (χ0v) is 23.6. The van der Waals surface area contributed by atoms with Gasteiger partial charge < -0.3 is 4.90 Å². The standard InChI is InChI=1S/C32H63N/c1-5-8-10-12-14-15-16-17-18-19-20-21-22-23-25-27-29-31-32(33(4)7-3)30-28-26-24-13-11-9-6-2/h14-15,17-18,32H,5-13,16,19-31H2,1-4H3/b15-14-,18-17?. The molecule has 0 radical (unpaired) electrons. The van der Waals surface area contributed by atoms with E-state index in [-0.39, 0.29) is 0 Å². The summed E-state index contributed by atoms with van der Waals surface area (Å²) in [5.41, 5.74) is 0. The Morgan fingerprint density at radius 3 is 1.36 bits per heavy atom. The van der Waals surface area contributed by atoms with Gasteiger partial charge in [-0.2, -0.15) is 0 Å². The van der Waals surface area contributed by atoms with E-state index in [1.807, 2.05) is 0 Å². The van der Waals surface area contributed by atoms with Gasteiger partial charge in [0.1, 0.15) is 0 Å². The van der Waals surface area contributed by atoms with Crippen molar-refractivity contribution in [2.45, 2.75) is 168 Å². The average Bonchev–Trinajstić information content (AvgIpc) is 2.83. The quantitative estimate of drug-likeness (QED) is 0.0914. The first-order chi connectivity index (χ1) is 16.3. The van der Waals surface area contributed by atoms with E-state index < -0.39 is 0 Å². The molecule has 1 nitrogen and oxygen atoms in total. The van der Waals surface area contributed by atoms with Crippen LogP contribution >= 0.6 is 0 Å². The third-order valence-corrected chi connectivity index (χ3v) is 7.25. The van der Waals surface area contributed by atoms with Crippen molar-refractivity contribution >= 4 is 0 Å². The molecule has 0 saturated carbocycles. The van der Waals surface area contributed by atoms with Crippen LogP contribution < -0.4 is 0 Å². The fourth-order valence-electron chi connectivity index (χ4n) is 4.73. The Morgan fingerprint density at radius 1 is 0.485 bits per heavy atom. The van der Waals surface area contributed by atoms with Crippen molar-refractivity contribution in [1.82, 2.24) is 4.90 Å². The molecule has 0 rings (SSSR count). The van der Waals surface area contributed by atoms with Crippen LogP contribution in [0.2, 0.25) is 0 Å². The van der Waals surface area contributed by atoms with Crippen LogP contribution in [-0.2, 0) is 0 Å². The van der Waals surface area contributed by atoms with Crippen molar-refractivity contribution in [2.24, 2.45) is 0 Å². The van der Waals surface area contributed by atoms with Gasteiger partial charge in [0.15, 0.2) is 0 Å². The van der Waals surface area contributed by atoms with E-state index in [9.17, 15) is 0 Å². The van der Waals surface area contributed by atoms with Crippen molar-refractivity contribution in [3.05, 3.63) is 24.3 Å². The van der Waals surface area contributed by atoms with Crippen molar-refractivity contribution in [3.8, 4) is 0 Å². The molecule has 0 N–H and O–H groups in total. The minimum Gasteiger partial charge on any atom is -0.304 e. The first-order valence-corrected chi connectivity index (χ1v) is 15.3. The van der Waals surface area contributed by atoms with Crippen molar-refractivity contribution < 1.29 is 0 Å². The van der Waals surface area contributed by atoms with Gasteiger partial charge >= 0.3 is 0 Å². The highest BCUT2D eigenvalue weighted by molar-refractivity contribution is 4.92. The molecule has 0 aliphatic carbocycles. The second-order valence-electron chi connectivity index (χ2n) is 10.4. The molecule has 0 aromatic rings. The number of hydrogen-bond acceptors (Lipinski definition) is 1. The van der Waals surface area contributed by atoms with Crippen LogP contribution in [0.15, 0.2) is 24.3 Å². The lowest BCUT2D eigenvalue weighted by Crippen LogP contribution is -2.31. The second-order valence-corrected chi connectivity index (χ2v) is 10.4. The van der Waals surface area contributed by atoms with E-state index in [4.69, 9.17) is 0 Å². The maximum absolute atomic E-state index is 2.60. The second kappa shape index (κ2) is 27.7. The number of rotatable bonds is 26. The van der Waals surface area contributed by atoms with E-state index in [1.54, 1.807) is 0 Å². The van der Waals surface area contributed by atoms with Gasteiger partial charge in [0.25, 0.3) is 0 Å². The molecule has 0 bridgehead atoms. The lowest BCUT2D eigenvalue weighted by molar-refractivity contribution is 0.219. The van der Waals surface area contributed by atoms with Crippen LogP contribution in [0.5, 0.6) is 0 Å². The molecule has 0 aromatic carbocycles. The summed E-state index contributed by atoms with van der Waals surface area (Å²) in [6.07, 6.45) is 40.0. The molecule has 0 fully saturated rings. The third kappa shape index (κ3) is 24.4. The molecule has 0 saturated heterocycles. The Labute approximate surface area is 210 Å². The Hall–Kier alpha value is -0.560.